The Kier molecular flexibility index (Phi) is 6.36. The van der Waals surface area contributed by atoms with Crippen molar-refractivity contribution in [2.75, 3.05) is 7.11 Å². The first-order valence-electron chi connectivity index (χ1n) is 9.95. The van der Waals surface area contributed by atoms with Crippen molar-refractivity contribution in [3.8, 4) is 5.75 Å². The molecule has 4 heteroatoms. The quantitative estimate of drug-likeness (QED) is 0.572. The van der Waals surface area contributed by atoms with Gasteiger partial charge in [0.05, 0.1) is 7.11 Å². The molecule has 0 heterocycles. The third kappa shape index (κ3) is 4.60. The number of methoxy groups -OCH3 is 1. The summed E-state index contributed by atoms with van der Waals surface area (Å²) in [7, 11) is 1.57. The number of hydrogen-bond acceptors (Lipinski definition) is 3. The van der Waals surface area contributed by atoms with E-state index in [0.29, 0.717) is 23.3 Å². The molecule has 1 unspecified atom stereocenters. The minimum atomic E-state index is -1.11. The highest BCUT2D eigenvalue weighted by atomic mass is 16.5. The largest absolute Gasteiger partial charge is 0.496 e. The minimum Gasteiger partial charge on any atom is -0.496 e. The van der Waals surface area contributed by atoms with Crippen LogP contribution in [0.5, 0.6) is 5.75 Å². The molecule has 30 heavy (non-hydrogen) atoms. The summed E-state index contributed by atoms with van der Waals surface area (Å²) in [6.07, 6.45) is 0.384. The second-order valence-electron chi connectivity index (χ2n) is 7.78. The molecule has 0 aliphatic carbocycles. The maximum Gasteiger partial charge on any atom is 0.252 e. The third-order valence-corrected chi connectivity index (χ3v) is 5.32. The number of ether oxygens (including phenoxy) is 1. The highest BCUT2D eigenvalue weighted by Crippen LogP contribution is 2.24. The molecule has 0 aliphatic rings. The molecule has 0 aliphatic heterocycles. The Bertz CT molecular complexity index is 1060. The van der Waals surface area contributed by atoms with Crippen molar-refractivity contribution < 1.29 is 14.3 Å². The topological polar surface area (TPSA) is 55.4 Å². The predicted molar refractivity (Wildman–Crippen MR) is 119 cm³/mol. The van der Waals surface area contributed by atoms with E-state index in [1.165, 1.54) is 0 Å². The maximum atomic E-state index is 13.6. The van der Waals surface area contributed by atoms with Crippen molar-refractivity contribution in [2.24, 2.45) is 0 Å². The Morgan fingerprint density at radius 1 is 0.933 bits per heavy atom. The Balaban J connectivity index is 1.99. The van der Waals surface area contributed by atoms with E-state index >= 15 is 0 Å². The first-order valence-corrected chi connectivity index (χ1v) is 9.95. The Hall–Kier alpha value is -3.40. The van der Waals surface area contributed by atoms with Gasteiger partial charge >= 0.3 is 0 Å². The zero-order valence-corrected chi connectivity index (χ0v) is 17.9. The standard InChI is InChI=1S/C26H27NO3/c1-18-10-8-13-21(16-18)24(28)26(3,17-20-11-6-5-7-12-20)27-25(29)22-14-9-15-23(30-4)19(22)2/h5-16H,17H2,1-4H3,(H,27,29). The number of carbonyl (C=O) groups is 2. The molecule has 3 aromatic rings. The van der Waals surface area contributed by atoms with Crippen LogP contribution in [-0.4, -0.2) is 24.3 Å². The molecule has 1 N–H and O–H groups in total. The number of hydrogen-bond donors (Lipinski definition) is 1. The van der Waals surface area contributed by atoms with E-state index in [1.54, 1.807) is 32.2 Å². The van der Waals surface area contributed by atoms with Gasteiger partial charge in [0.1, 0.15) is 11.3 Å². The summed E-state index contributed by atoms with van der Waals surface area (Å²) in [5, 5.41) is 3.02. The van der Waals surface area contributed by atoms with Gasteiger partial charge in [-0.15, -0.1) is 0 Å². The van der Waals surface area contributed by atoms with Gasteiger partial charge < -0.3 is 10.1 Å². The van der Waals surface area contributed by atoms with Crippen LogP contribution in [0, 0.1) is 13.8 Å². The molecule has 154 valence electrons. The lowest BCUT2D eigenvalue weighted by Crippen LogP contribution is -2.54. The smallest absolute Gasteiger partial charge is 0.252 e. The Labute approximate surface area is 177 Å². The molecule has 0 bridgehead atoms. The van der Waals surface area contributed by atoms with Crippen molar-refractivity contribution in [1.82, 2.24) is 5.32 Å². The van der Waals surface area contributed by atoms with E-state index in [0.717, 1.165) is 16.7 Å². The number of benzene rings is 3. The summed E-state index contributed by atoms with van der Waals surface area (Å²) < 4.78 is 5.34. The van der Waals surface area contributed by atoms with Gasteiger partial charge in [0.2, 0.25) is 0 Å². The van der Waals surface area contributed by atoms with E-state index in [-0.39, 0.29) is 11.7 Å². The first-order chi connectivity index (χ1) is 14.3. The van der Waals surface area contributed by atoms with E-state index in [4.69, 9.17) is 4.74 Å². The zero-order valence-electron chi connectivity index (χ0n) is 17.9. The molecule has 0 spiro atoms. The van der Waals surface area contributed by atoms with Gasteiger partial charge in [-0.3, -0.25) is 9.59 Å². The van der Waals surface area contributed by atoms with Gasteiger partial charge in [-0.1, -0.05) is 60.2 Å². The highest BCUT2D eigenvalue weighted by Gasteiger charge is 2.36. The highest BCUT2D eigenvalue weighted by molar-refractivity contribution is 6.07. The predicted octanol–water partition coefficient (Wildman–Crippen LogP) is 4.93. The fourth-order valence-corrected chi connectivity index (χ4v) is 3.69. The molecule has 0 fully saturated rings. The van der Waals surface area contributed by atoms with Crippen LogP contribution in [0.1, 0.15) is 44.3 Å². The molecule has 1 amide bonds. The summed E-state index contributed by atoms with van der Waals surface area (Å²) in [5.74, 6) is 0.215. The third-order valence-electron chi connectivity index (χ3n) is 5.32. The van der Waals surface area contributed by atoms with Gasteiger partial charge in [-0.05, 0) is 44.5 Å². The molecule has 0 radical (unpaired) electrons. The number of amides is 1. The first kappa shape index (κ1) is 21.3. The van der Waals surface area contributed by atoms with Crippen LogP contribution in [0.3, 0.4) is 0 Å². The molecular weight excluding hydrogens is 374 g/mol. The average molecular weight is 402 g/mol. The Morgan fingerprint density at radius 2 is 1.63 bits per heavy atom. The van der Waals surface area contributed by atoms with Gasteiger partial charge in [0.15, 0.2) is 5.78 Å². The number of ketones is 1. The van der Waals surface area contributed by atoms with Crippen LogP contribution in [-0.2, 0) is 6.42 Å². The van der Waals surface area contributed by atoms with Crippen LogP contribution in [0.25, 0.3) is 0 Å². The number of aryl methyl sites for hydroxylation is 1. The lowest BCUT2D eigenvalue weighted by atomic mass is 9.84. The molecule has 0 saturated heterocycles. The molecule has 4 nitrogen and oxygen atoms in total. The second kappa shape index (κ2) is 8.95. The average Bonchev–Trinajstić information content (AvgIpc) is 2.74. The summed E-state index contributed by atoms with van der Waals surface area (Å²) in [5.41, 5.74) is 2.67. The second-order valence-corrected chi connectivity index (χ2v) is 7.78. The van der Waals surface area contributed by atoms with Gasteiger partial charge in [0.25, 0.3) is 5.91 Å². The molecular formula is C26H27NO3. The van der Waals surface area contributed by atoms with Crippen LogP contribution >= 0.6 is 0 Å². The van der Waals surface area contributed by atoms with E-state index in [2.05, 4.69) is 5.32 Å². The van der Waals surface area contributed by atoms with E-state index in [1.807, 2.05) is 68.4 Å². The van der Waals surface area contributed by atoms with E-state index < -0.39 is 5.54 Å². The monoisotopic (exact) mass is 401 g/mol. The van der Waals surface area contributed by atoms with Crippen molar-refractivity contribution in [1.29, 1.82) is 0 Å². The summed E-state index contributed by atoms with van der Waals surface area (Å²) >= 11 is 0. The Morgan fingerprint density at radius 3 is 2.30 bits per heavy atom. The van der Waals surface area contributed by atoms with Crippen LogP contribution in [0.4, 0.5) is 0 Å². The fourth-order valence-electron chi connectivity index (χ4n) is 3.69. The number of Topliss-reactive ketones (excluding diaryl/α,β-unsaturated/α-hetero) is 1. The maximum absolute atomic E-state index is 13.6. The molecule has 0 aromatic heterocycles. The van der Waals surface area contributed by atoms with E-state index in [9.17, 15) is 9.59 Å². The molecule has 3 rings (SSSR count). The van der Waals surface area contributed by atoms with Gasteiger partial charge in [-0.25, -0.2) is 0 Å². The lowest BCUT2D eigenvalue weighted by Gasteiger charge is -2.30. The number of rotatable bonds is 7. The molecule has 0 saturated carbocycles. The molecule has 3 aromatic carbocycles. The SMILES string of the molecule is COc1cccc(C(=O)NC(C)(Cc2ccccc2)C(=O)c2cccc(C)c2)c1C. The van der Waals surface area contributed by atoms with Crippen molar-refractivity contribution in [2.45, 2.75) is 32.7 Å². The molecule has 1 atom stereocenters. The fraction of sp³-hybridized carbons (Fsp3) is 0.231. The van der Waals surface area contributed by atoms with Crippen molar-refractivity contribution in [3.63, 3.8) is 0 Å². The van der Waals surface area contributed by atoms with Crippen molar-refractivity contribution >= 4 is 11.7 Å². The van der Waals surface area contributed by atoms with Gasteiger partial charge in [-0.2, -0.15) is 0 Å². The summed E-state index contributed by atoms with van der Waals surface area (Å²) in [4.78, 5) is 26.8. The zero-order chi connectivity index (χ0) is 21.7. The summed E-state index contributed by atoms with van der Waals surface area (Å²) in [6.45, 7) is 5.58. The number of carbonyl (C=O) groups excluding carboxylic acids is 2. The van der Waals surface area contributed by atoms with Crippen molar-refractivity contribution in [3.05, 3.63) is 101 Å². The summed E-state index contributed by atoms with van der Waals surface area (Å²) in [6, 6.07) is 22.5. The normalized spacial score (nSPS) is 12.7. The van der Waals surface area contributed by atoms with Crippen LogP contribution in [0.15, 0.2) is 72.8 Å². The minimum absolute atomic E-state index is 0.121. The van der Waals surface area contributed by atoms with Crippen LogP contribution < -0.4 is 10.1 Å². The van der Waals surface area contributed by atoms with Gasteiger partial charge in [0, 0.05) is 23.1 Å². The number of nitrogens with one attached hydrogen (secondary N) is 1. The lowest BCUT2D eigenvalue weighted by molar-refractivity contribution is 0.0781. The van der Waals surface area contributed by atoms with Crippen LogP contribution in [0.2, 0.25) is 0 Å².